The number of nitrogens with one attached hydrogen (secondary N) is 1. The van der Waals surface area contributed by atoms with Crippen molar-refractivity contribution < 1.29 is 14.6 Å². The van der Waals surface area contributed by atoms with Crippen molar-refractivity contribution in [2.75, 3.05) is 6.61 Å². The summed E-state index contributed by atoms with van der Waals surface area (Å²) in [6.07, 6.45) is 9.94. The molecule has 1 aromatic carbocycles. The Balaban J connectivity index is 1.62. The molecule has 0 aliphatic heterocycles. The molecule has 0 aromatic heterocycles. The first-order valence-electron chi connectivity index (χ1n) is 11.3. The number of aliphatic hydroxyl groups excluding tert-OH is 1. The molecule has 5 atom stereocenters. The smallest absolute Gasteiger partial charge is 0.266 e. The highest BCUT2D eigenvalue weighted by atomic mass is 127. The van der Waals surface area contributed by atoms with Crippen LogP contribution in [0.15, 0.2) is 18.2 Å². The molecular formula is C24H36INO3. The van der Waals surface area contributed by atoms with Gasteiger partial charge in [-0.15, -0.1) is 0 Å². The number of aliphatic hydroxyl groups is 1. The van der Waals surface area contributed by atoms with Gasteiger partial charge < -0.3 is 9.84 Å². The van der Waals surface area contributed by atoms with E-state index < -0.39 is 0 Å². The first kappa shape index (κ1) is 22.9. The van der Waals surface area contributed by atoms with Gasteiger partial charge in [0.05, 0.1) is 29.0 Å². The van der Waals surface area contributed by atoms with Crippen molar-refractivity contribution in [3.05, 3.63) is 29.3 Å². The van der Waals surface area contributed by atoms with Crippen LogP contribution in [0.2, 0.25) is 0 Å². The van der Waals surface area contributed by atoms with Gasteiger partial charge in [0, 0.05) is 0 Å². The van der Waals surface area contributed by atoms with E-state index in [-0.39, 0.29) is 18.6 Å². The Hall–Kier alpha value is -0.820. The average Bonchev–Trinajstić information content (AvgIpc) is 3.02. The zero-order valence-corrected chi connectivity index (χ0v) is 20.0. The largest absolute Gasteiger partial charge is 0.483 e. The van der Waals surface area contributed by atoms with Crippen LogP contribution in [-0.4, -0.2) is 23.7 Å². The SMILES string of the molecule is CCCCC[C@H](O)CC[C@@H]1[C@H]2Cc3cccc(OCC(=O)NI)c3C[C@H]2C[C@H]1C. The molecule has 29 heavy (non-hydrogen) atoms. The molecule has 5 heteroatoms. The van der Waals surface area contributed by atoms with Crippen molar-refractivity contribution in [2.24, 2.45) is 23.7 Å². The molecule has 1 amide bonds. The fourth-order valence-electron chi connectivity index (χ4n) is 5.67. The third-order valence-corrected chi connectivity index (χ3v) is 7.75. The lowest BCUT2D eigenvalue weighted by atomic mass is 9.73. The van der Waals surface area contributed by atoms with Crippen LogP contribution < -0.4 is 8.27 Å². The van der Waals surface area contributed by atoms with Crippen LogP contribution in [0.4, 0.5) is 0 Å². The molecule has 162 valence electrons. The molecule has 1 aromatic rings. The van der Waals surface area contributed by atoms with E-state index in [1.807, 2.05) is 28.9 Å². The first-order chi connectivity index (χ1) is 14.0. The van der Waals surface area contributed by atoms with Crippen LogP contribution in [0.1, 0.15) is 69.9 Å². The highest BCUT2D eigenvalue weighted by molar-refractivity contribution is 14.1. The van der Waals surface area contributed by atoms with E-state index in [1.54, 1.807) is 0 Å². The summed E-state index contributed by atoms with van der Waals surface area (Å²) in [5.74, 6) is 3.61. The van der Waals surface area contributed by atoms with Crippen LogP contribution in [0.3, 0.4) is 0 Å². The summed E-state index contributed by atoms with van der Waals surface area (Å²) in [5, 5.41) is 10.4. The summed E-state index contributed by atoms with van der Waals surface area (Å²) in [4.78, 5) is 11.6. The normalized spacial score (nSPS) is 26.5. The predicted molar refractivity (Wildman–Crippen MR) is 125 cm³/mol. The molecule has 3 rings (SSSR count). The average molecular weight is 513 g/mol. The molecule has 0 radical (unpaired) electrons. The summed E-state index contributed by atoms with van der Waals surface area (Å²) in [7, 11) is 0. The number of benzene rings is 1. The predicted octanol–water partition coefficient (Wildman–Crippen LogP) is 5.24. The lowest BCUT2D eigenvalue weighted by Gasteiger charge is -2.33. The van der Waals surface area contributed by atoms with E-state index in [0.29, 0.717) is 17.8 Å². The van der Waals surface area contributed by atoms with Crippen LogP contribution in [-0.2, 0) is 17.6 Å². The second-order valence-electron chi connectivity index (χ2n) is 9.14. The zero-order chi connectivity index (χ0) is 20.8. The number of halogens is 1. The topological polar surface area (TPSA) is 58.6 Å². The number of carbonyl (C=O) groups excluding carboxylic acids is 1. The maximum atomic E-state index is 11.6. The summed E-state index contributed by atoms with van der Waals surface area (Å²) < 4.78 is 8.42. The molecule has 0 spiro atoms. The van der Waals surface area contributed by atoms with Crippen molar-refractivity contribution in [1.82, 2.24) is 3.53 Å². The van der Waals surface area contributed by atoms with Gasteiger partial charge in [0.1, 0.15) is 5.75 Å². The Kier molecular flexibility index (Phi) is 8.66. The van der Waals surface area contributed by atoms with Gasteiger partial charge in [0.25, 0.3) is 5.91 Å². The van der Waals surface area contributed by atoms with Crippen molar-refractivity contribution in [2.45, 2.75) is 77.7 Å². The summed E-state index contributed by atoms with van der Waals surface area (Å²) in [6, 6.07) is 6.29. The summed E-state index contributed by atoms with van der Waals surface area (Å²) in [6.45, 7) is 4.68. The van der Waals surface area contributed by atoms with Crippen LogP contribution in [0, 0.1) is 23.7 Å². The van der Waals surface area contributed by atoms with Gasteiger partial charge in [-0.1, -0.05) is 45.2 Å². The second-order valence-corrected chi connectivity index (χ2v) is 9.68. The molecule has 2 N–H and O–H groups in total. The molecule has 2 aliphatic carbocycles. The number of ether oxygens (including phenoxy) is 1. The third-order valence-electron chi connectivity index (χ3n) is 7.15. The minimum Gasteiger partial charge on any atom is -0.483 e. The molecular weight excluding hydrogens is 477 g/mol. The number of carbonyl (C=O) groups is 1. The van der Waals surface area contributed by atoms with E-state index in [1.165, 1.54) is 30.4 Å². The molecule has 1 fully saturated rings. The van der Waals surface area contributed by atoms with E-state index >= 15 is 0 Å². The van der Waals surface area contributed by atoms with E-state index in [4.69, 9.17) is 4.74 Å². The molecule has 2 aliphatic rings. The van der Waals surface area contributed by atoms with Crippen LogP contribution in [0.5, 0.6) is 5.75 Å². The molecule has 1 saturated carbocycles. The summed E-state index contributed by atoms with van der Waals surface area (Å²) >= 11 is 1.85. The number of unbranched alkanes of at least 4 members (excludes halogenated alkanes) is 2. The maximum absolute atomic E-state index is 11.6. The quantitative estimate of drug-likeness (QED) is 0.256. The number of rotatable bonds is 10. The monoisotopic (exact) mass is 513 g/mol. The Morgan fingerprint density at radius 3 is 2.90 bits per heavy atom. The van der Waals surface area contributed by atoms with E-state index in [0.717, 1.165) is 50.2 Å². The minimum atomic E-state index is -0.132. The Morgan fingerprint density at radius 1 is 1.31 bits per heavy atom. The number of hydrogen-bond acceptors (Lipinski definition) is 3. The van der Waals surface area contributed by atoms with Gasteiger partial charge in [-0.25, -0.2) is 0 Å². The van der Waals surface area contributed by atoms with Crippen LogP contribution in [0.25, 0.3) is 0 Å². The zero-order valence-electron chi connectivity index (χ0n) is 17.8. The van der Waals surface area contributed by atoms with Gasteiger partial charge >= 0.3 is 0 Å². The molecule has 0 bridgehead atoms. The fourth-order valence-corrected chi connectivity index (χ4v) is 5.82. The molecule has 0 unspecified atom stereocenters. The number of hydrogen-bond donors (Lipinski definition) is 2. The first-order valence-corrected chi connectivity index (χ1v) is 12.4. The molecule has 4 nitrogen and oxygen atoms in total. The molecule has 0 saturated heterocycles. The van der Waals surface area contributed by atoms with Crippen LogP contribution >= 0.6 is 22.9 Å². The molecule has 0 heterocycles. The van der Waals surface area contributed by atoms with Crippen molar-refractivity contribution >= 4 is 28.8 Å². The van der Waals surface area contributed by atoms with E-state index in [9.17, 15) is 9.90 Å². The Labute approximate surface area is 189 Å². The van der Waals surface area contributed by atoms with Gasteiger partial charge in [0.2, 0.25) is 0 Å². The third kappa shape index (κ3) is 5.87. The van der Waals surface area contributed by atoms with E-state index in [2.05, 4.69) is 29.5 Å². The second kappa shape index (κ2) is 11.0. The lowest BCUT2D eigenvalue weighted by Crippen LogP contribution is -2.27. The Morgan fingerprint density at radius 2 is 2.14 bits per heavy atom. The summed E-state index contributed by atoms with van der Waals surface area (Å²) in [5.41, 5.74) is 2.70. The number of fused-ring (bicyclic) bond motifs is 2. The maximum Gasteiger partial charge on any atom is 0.266 e. The standard InChI is InChI=1S/C24H36INO3/c1-3-4-5-8-19(27)10-11-20-16(2)12-18-14-22-17(13-21(18)20)7-6-9-23(22)29-15-24(28)26-25/h6-7,9,16,18-21,27H,3-5,8,10-15H2,1-2H3,(H,26,28)/t16-,18-,19+,20+,21+/m1/s1. The van der Waals surface area contributed by atoms with Gasteiger partial charge in [0.15, 0.2) is 6.61 Å². The van der Waals surface area contributed by atoms with Gasteiger partial charge in [-0.2, -0.15) is 0 Å². The highest BCUT2D eigenvalue weighted by Gasteiger charge is 2.43. The van der Waals surface area contributed by atoms with Crippen molar-refractivity contribution in [3.8, 4) is 5.75 Å². The van der Waals surface area contributed by atoms with Crippen molar-refractivity contribution in [3.63, 3.8) is 0 Å². The van der Waals surface area contributed by atoms with Gasteiger partial charge in [-0.3, -0.25) is 8.32 Å². The Bertz CT molecular complexity index is 680. The lowest BCUT2D eigenvalue weighted by molar-refractivity contribution is -0.120. The van der Waals surface area contributed by atoms with Gasteiger partial charge in [-0.05, 0) is 79.4 Å². The minimum absolute atomic E-state index is 0.0719. The number of amides is 1. The highest BCUT2D eigenvalue weighted by Crippen LogP contribution is 2.50. The fraction of sp³-hybridized carbons (Fsp3) is 0.708. The van der Waals surface area contributed by atoms with Crippen molar-refractivity contribution in [1.29, 1.82) is 0 Å².